The van der Waals surface area contributed by atoms with Crippen LogP contribution in [0.5, 0.6) is 0 Å². The van der Waals surface area contributed by atoms with Crippen LogP contribution in [0.15, 0.2) is 36.7 Å². The molecule has 21 heavy (non-hydrogen) atoms. The third-order valence-corrected chi connectivity index (χ3v) is 3.74. The molecule has 0 saturated heterocycles. The molecular formula is C16H16N4O. The van der Waals surface area contributed by atoms with E-state index in [1.54, 1.807) is 12.4 Å². The van der Waals surface area contributed by atoms with E-state index in [4.69, 9.17) is 5.41 Å². The molecule has 1 heterocycles. The predicted octanol–water partition coefficient (Wildman–Crippen LogP) is 2.19. The van der Waals surface area contributed by atoms with Gasteiger partial charge < -0.3 is 15.5 Å². The normalized spacial score (nSPS) is 21.6. The van der Waals surface area contributed by atoms with Gasteiger partial charge in [-0.3, -0.25) is 4.98 Å². The number of carbonyl (C=O) groups excluding carboxylic acids is 1. The zero-order valence-electron chi connectivity index (χ0n) is 11.5. The molecular weight excluding hydrogens is 264 g/mol. The molecule has 106 valence electrons. The largest absolute Gasteiger partial charge is 0.388 e. The van der Waals surface area contributed by atoms with Crippen molar-refractivity contribution in [1.29, 1.82) is 5.41 Å². The fourth-order valence-corrected chi connectivity index (χ4v) is 2.40. The Balaban J connectivity index is 1.77. The summed E-state index contributed by atoms with van der Waals surface area (Å²) in [4.78, 5) is 19.5. The van der Waals surface area contributed by atoms with Gasteiger partial charge in [0.2, 0.25) is 0 Å². The van der Waals surface area contributed by atoms with Crippen molar-refractivity contribution in [2.24, 2.45) is 5.92 Å². The zero-order chi connectivity index (χ0) is 14.7. The molecule has 1 fully saturated rings. The van der Waals surface area contributed by atoms with Crippen molar-refractivity contribution in [2.45, 2.75) is 18.9 Å². The second-order valence-electron chi connectivity index (χ2n) is 5.22. The quantitative estimate of drug-likeness (QED) is 0.650. The monoisotopic (exact) mass is 280 g/mol. The van der Waals surface area contributed by atoms with Crippen LogP contribution in [0.3, 0.4) is 0 Å². The van der Waals surface area contributed by atoms with E-state index < -0.39 is 0 Å². The molecule has 0 bridgehead atoms. The van der Waals surface area contributed by atoms with Crippen molar-refractivity contribution in [1.82, 2.24) is 15.3 Å². The Morgan fingerprint density at radius 1 is 1.29 bits per heavy atom. The number of aromatic nitrogens is 2. The molecule has 0 spiro atoms. The lowest BCUT2D eigenvalue weighted by Gasteiger charge is -2.31. The van der Waals surface area contributed by atoms with Crippen LogP contribution >= 0.6 is 0 Å². The van der Waals surface area contributed by atoms with E-state index in [9.17, 15) is 4.79 Å². The Kier molecular flexibility index (Phi) is 3.73. The molecule has 0 radical (unpaired) electrons. The molecule has 2 aromatic rings. The fourth-order valence-electron chi connectivity index (χ4n) is 2.40. The van der Waals surface area contributed by atoms with E-state index in [0.29, 0.717) is 17.3 Å². The van der Waals surface area contributed by atoms with Crippen molar-refractivity contribution >= 4 is 29.1 Å². The molecule has 1 aliphatic rings. The van der Waals surface area contributed by atoms with Gasteiger partial charge in [0.05, 0.1) is 22.9 Å². The van der Waals surface area contributed by atoms with E-state index in [1.807, 2.05) is 24.3 Å². The highest BCUT2D eigenvalue weighted by Gasteiger charge is 2.27. The Morgan fingerprint density at radius 3 is 2.76 bits per heavy atom. The van der Waals surface area contributed by atoms with E-state index in [2.05, 4.69) is 15.3 Å². The van der Waals surface area contributed by atoms with Gasteiger partial charge in [0.15, 0.2) is 0 Å². The zero-order valence-corrected chi connectivity index (χ0v) is 11.5. The van der Waals surface area contributed by atoms with Crippen molar-refractivity contribution in [3.05, 3.63) is 42.4 Å². The summed E-state index contributed by atoms with van der Waals surface area (Å²) in [5, 5.41) is 10.8. The van der Waals surface area contributed by atoms with Gasteiger partial charge in [-0.1, -0.05) is 12.1 Å². The lowest BCUT2D eigenvalue weighted by Crippen LogP contribution is -2.39. The molecule has 3 rings (SSSR count). The maximum absolute atomic E-state index is 10.6. The van der Waals surface area contributed by atoms with Crippen molar-refractivity contribution in [3.8, 4) is 0 Å². The fraction of sp³-hybridized carbons (Fsp3) is 0.250. The molecule has 0 atom stereocenters. The minimum atomic E-state index is 0.180. The van der Waals surface area contributed by atoms with Crippen LogP contribution < -0.4 is 5.32 Å². The number of rotatable bonds is 5. The topological polar surface area (TPSA) is 78.7 Å². The van der Waals surface area contributed by atoms with E-state index in [-0.39, 0.29) is 5.92 Å². The summed E-state index contributed by atoms with van der Waals surface area (Å²) in [6, 6.07) is 7.96. The summed E-state index contributed by atoms with van der Waals surface area (Å²) in [5.74, 6) is 0.180. The summed E-state index contributed by atoms with van der Waals surface area (Å²) in [5.41, 5.74) is 3.00. The second kappa shape index (κ2) is 5.83. The van der Waals surface area contributed by atoms with Gasteiger partial charge in [0, 0.05) is 29.9 Å². The molecule has 5 heteroatoms. The van der Waals surface area contributed by atoms with Crippen LogP contribution in [0.25, 0.3) is 16.6 Å². The van der Waals surface area contributed by atoms with Crippen molar-refractivity contribution in [2.75, 3.05) is 0 Å². The lowest BCUT2D eigenvalue weighted by atomic mass is 9.81. The number of nitrogens with one attached hydrogen (secondary N) is 2. The predicted molar refractivity (Wildman–Crippen MR) is 82.0 cm³/mol. The summed E-state index contributed by atoms with van der Waals surface area (Å²) >= 11 is 0. The van der Waals surface area contributed by atoms with E-state index >= 15 is 0 Å². The Labute approximate surface area is 122 Å². The Hall–Kier alpha value is -2.56. The van der Waals surface area contributed by atoms with Crippen LogP contribution in [0.1, 0.15) is 18.5 Å². The first-order valence-electron chi connectivity index (χ1n) is 6.94. The highest BCUT2D eigenvalue weighted by atomic mass is 16.1. The van der Waals surface area contributed by atoms with Gasteiger partial charge >= 0.3 is 0 Å². The van der Waals surface area contributed by atoms with Gasteiger partial charge in [0.25, 0.3) is 0 Å². The van der Waals surface area contributed by atoms with Crippen molar-refractivity contribution < 1.29 is 4.79 Å². The molecule has 2 N–H and O–H groups in total. The number of hydrogen-bond donors (Lipinski definition) is 2. The Morgan fingerprint density at radius 2 is 2.05 bits per heavy atom. The number of benzene rings is 1. The number of carbonyl (C=O) groups is 1. The summed E-state index contributed by atoms with van der Waals surface area (Å²) in [6.45, 7) is 0. The first kappa shape index (κ1) is 13.4. The molecule has 5 nitrogen and oxygen atoms in total. The van der Waals surface area contributed by atoms with Gasteiger partial charge in [-0.2, -0.15) is 0 Å². The molecule has 1 saturated carbocycles. The first-order chi connectivity index (χ1) is 10.3. The number of fused-ring (bicyclic) bond motifs is 1. The Bertz CT molecular complexity index is 704. The number of allylic oxidation sites excluding steroid dienone is 1. The number of para-hydroxylation sites is 2. The van der Waals surface area contributed by atoms with Crippen LogP contribution in [0.4, 0.5) is 0 Å². The molecule has 0 unspecified atom stereocenters. The maximum Gasteiger partial charge on any atom is 0.123 e. The number of aldehydes is 1. The van der Waals surface area contributed by atoms with Gasteiger partial charge in [-0.05, 0) is 25.0 Å². The second-order valence-corrected chi connectivity index (χ2v) is 5.22. The van der Waals surface area contributed by atoms with Crippen LogP contribution in [0.2, 0.25) is 0 Å². The maximum atomic E-state index is 10.6. The summed E-state index contributed by atoms with van der Waals surface area (Å²) < 4.78 is 0. The third kappa shape index (κ3) is 2.81. The van der Waals surface area contributed by atoms with Crippen LogP contribution in [-0.2, 0) is 4.79 Å². The highest BCUT2D eigenvalue weighted by Crippen LogP contribution is 2.25. The average molecular weight is 280 g/mol. The number of nitrogens with zero attached hydrogens (tertiary/aromatic N) is 2. The van der Waals surface area contributed by atoms with Gasteiger partial charge in [-0.15, -0.1) is 0 Å². The third-order valence-electron chi connectivity index (χ3n) is 3.74. The average Bonchev–Trinajstić information content (AvgIpc) is 2.49. The number of hydrogen-bond acceptors (Lipinski definition) is 5. The van der Waals surface area contributed by atoms with E-state index in [1.165, 1.54) is 6.21 Å². The SMILES string of the molecule is N=C/C(=C\NC1CC(C=O)C1)c1cnc2ccccc2n1. The first-order valence-corrected chi connectivity index (χ1v) is 6.94. The molecule has 0 amide bonds. The highest BCUT2D eigenvalue weighted by molar-refractivity contribution is 6.07. The van der Waals surface area contributed by atoms with Crippen LogP contribution in [0, 0.1) is 11.3 Å². The minimum Gasteiger partial charge on any atom is -0.388 e. The molecule has 1 aliphatic carbocycles. The van der Waals surface area contributed by atoms with E-state index in [0.717, 1.165) is 30.2 Å². The minimum absolute atomic E-state index is 0.180. The van der Waals surface area contributed by atoms with Crippen molar-refractivity contribution in [3.63, 3.8) is 0 Å². The van der Waals surface area contributed by atoms with Gasteiger partial charge in [-0.25, -0.2) is 4.98 Å². The summed E-state index contributed by atoms with van der Waals surface area (Å²) in [7, 11) is 0. The van der Waals surface area contributed by atoms with Crippen LogP contribution in [-0.4, -0.2) is 28.5 Å². The summed E-state index contributed by atoms with van der Waals surface area (Å²) in [6.07, 6.45) is 7.45. The standard InChI is InChI=1S/C16H16N4O/c17-7-12(8-18-13-5-11(6-13)10-21)16-9-19-14-3-1-2-4-15(14)20-16/h1-4,7-11,13,17-18H,5-6H2/b12-8+,17-7?. The van der Waals surface area contributed by atoms with Gasteiger partial charge in [0.1, 0.15) is 6.29 Å². The molecule has 0 aliphatic heterocycles. The molecule has 1 aromatic carbocycles. The lowest BCUT2D eigenvalue weighted by molar-refractivity contribution is -0.113. The molecule has 1 aromatic heterocycles. The smallest absolute Gasteiger partial charge is 0.123 e.